The fraction of sp³-hybridized carbons (Fsp3) is 0.459. The number of amides is 5. The summed E-state index contributed by atoms with van der Waals surface area (Å²) >= 11 is 0. The lowest BCUT2D eigenvalue weighted by molar-refractivity contribution is -0.140. The molecule has 5 amide bonds. The summed E-state index contributed by atoms with van der Waals surface area (Å²) in [6, 6.07) is 18.1. The molecule has 1 unspecified atom stereocenters. The van der Waals surface area contributed by atoms with Crippen LogP contribution in [0.5, 0.6) is 0 Å². The zero-order valence-electron chi connectivity index (χ0n) is 30.1. The van der Waals surface area contributed by atoms with Crippen LogP contribution in [-0.2, 0) is 22.7 Å². The first-order chi connectivity index (χ1) is 24.8. The molecule has 0 saturated carbocycles. The van der Waals surface area contributed by atoms with Crippen LogP contribution in [0.2, 0.25) is 0 Å². The number of alkyl carbamates (subject to hydrolysis) is 1. The van der Waals surface area contributed by atoms with E-state index in [1.165, 1.54) is 23.3 Å². The molecule has 0 bridgehead atoms. The monoisotopic (exact) mass is 716 g/mol. The number of carbonyl (C=O) groups is 4. The number of anilines is 1. The Morgan fingerprint density at radius 2 is 1.65 bits per heavy atom. The number of ether oxygens (including phenoxy) is 1. The molecule has 15 heteroatoms. The minimum atomic E-state index is -1.31. The lowest BCUT2D eigenvalue weighted by Gasteiger charge is -2.42. The lowest BCUT2D eigenvalue weighted by Crippen LogP contribution is -2.63. The summed E-state index contributed by atoms with van der Waals surface area (Å²) in [7, 11) is 0. The average molecular weight is 717 g/mol. The van der Waals surface area contributed by atoms with Crippen LogP contribution in [0.3, 0.4) is 0 Å². The Morgan fingerprint density at radius 3 is 2.29 bits per heavy atom. The Bertz CT molecular complexity index is 1770. The smallest absolute Gasteiger partial charge is 0.407 e. The first-order valence-electron chi connectivity index (χ1n) is 17.6. The summed E-state index contributed by atoms with van der Waals surface area (Å²) in [4.78, 5) is 71.9. The number of nitrogens with one attached hydrogen (secondary N) is 3. The highest BCUT2D eigenvalue weighted by molar-refractivity contribution is 5.90. The van der Waals surface area contributed by atoms with E-state index in [2.05, 4.69) is 25.8 Å². The van der Waals surface area contributed by atoms with Gasteiger partial charge in [0.1, 0.15) is 18.0 Å². The van der Waals surface area contributed by atoms with Gasteiger partial charge in [-0.25, -0.2) is 19.2 Å². The van der Waals surface area contributed by atoms with Crippen molar-refractivity contribution in [3.05, 3.63) is 88.5 Å². The number of nitrogens with zero attached hydrogens (tertiary/aromatic N) is 5. The second kappa shape index (κ2) is 16.7. The SMILES string of the molecule is CC(NC(=O)OCc1ccccc1)C1CCN(Cc2ccc(-n3ccc(NC(=O)N4CCN(C(=O)C(C)(C)NC(=O)O)[C@H](C)C4)nc3=O)cc2)CC1. The number of piperidine rings is 1. The van der Waals surface area contributed by atoms with Gasteiger partial charge in [-0.3, -0.25) is 19.6 Å². The standard InChI is InChI=1S/C37H48N8O7/c1-25-22-43(20-21-44(25)32(46)37(3,4)41-35(49)50)33(47)39-31-16-19-45(34(48)40-31)30-12-10-27(11-13-30)23-42-17-14-29(15-18-42)26(2)38-36(51)52-24-28-8-6-5-7-9-28/h5-13,16,19,25-26,29,41H,14-15,17-18,20-24H2,1-4H3,(H,38,51)(H,49,50)(H,39,40,47,48)/t25-,26?/m1/s1. The number of aromatic nitrogens is 2. The summed E-state index contributed by atoms with van der Waals surface area (Å²) in [6.07, 6.45) is 1.79. The summed E-state index contributed by atoms with van der Waals surface area (Å²) in [5, 5.41) is 17.0. The molecule has 2 saturated heterocycles. The molecule has 1 aromatic heterocycles. The van der Waals surface area contributed by atoms with Crippen LogP contribution in [0, 0.1) is 5.92 Å². The fourth-order valence-corrected chi connectivity index (χ4v) is 6.68. The van der Waals surface area contributed by atoms with Crippen LogP contribution in [0.25, 0.3) is 5.69 Å². The third-order valence-electron chi connectivity index (χ3n) is 9.69. The van der Waals surface area contributed by atoms with E-state index in [0.717, 1.165) is 43.6 Å². The lowest BCUT2D eigenvalue weighted by atomic mass is 9.90. The van der Waals surface area contributed by atoms with Gasteiger partial charge in [-0.05, 0) is 88.9 Å². The molecule has 278 valence electrons. The van der Waals surface area contributed by atoms with E-state index in [9.17, 15) is 24.0 Å². The van der Waals surface area contributed by atoms with Gasteiger partial charge in [0.15, 0.2) is 0 Å². The van der Waals surface area contributed by atoms with Gasteiger partial charge in [-0.15, -0.1) is 0 Å². The number of benzene rings is 2. The average Bonchev–Trinajstić information content (AvgIpc) is 3.11. The molecule has 2 aliphatic rings. The number of piperazine rings is 1. The van der Waals surface area contributed by atoms with Crippen molar-refractivity contribution in [3.63, 3.8) is 0 Å². The molecule has 2 aromatic carbocycles. The van der Waals surface area contributed by atoms with Gasteiger partial charge >= 0.3 is 23.9 Å². The van der Waals surface area contributed by atoms with E-state index in [0.29, 0.717) is 11.6 Å². The number of urea groups is 1. The second-order valence-electron chi connectivity index (χ2n) is 14.0. The van der Waals surface area contributed by atoms with Crippen LogP contribution in [0.15, 0.2) is 71.7 Å². The molecule has 0 aliphatic carbocycles. The maximum Gasteiger partial charge on any atom is 0.407 e. The number of carboxylic acid groups (broad SMARTS) is 1. The Balaban J connectivity index is 1.06. The van der Waals surface area contributed by atoms with Gasteiger partial charge in [-0.2, -0.15) is 4.98 Å². The van der Waals surface area contributed by atoms with Crippen molar-refractivity contribution in [1.29, 1.82) is 0 Å². The molecule has 2 atom stereocenters. The van der Waals surface area contributed by atoms with E-state index in [4.69, 9.17) is 9.84 Å². The summed E-state index contributed by atoms with van der Waals surface area (Å²) in [5.41, 5.74) is 0.852. The number of carbonyl (C=O) groups excluding carboxylic acids is 3. The Hall–Kier alpha value is -5.44. The second-order valence-corrected chi connectivity index (χ2v) is 14.0. The molecule has 2 fully saturated rings. The predicted molar refractivity (Wildman–Crippen MR) is 194 cm³/mol. The zero-order chi connectivity index (χ0) is 37.4. The van der Waals surface area contributed by atoms with E-state index in [1.54, 1.807) is 24.1 Å². The van der Waals surface area contributed by atoms with Crippen molar-refractivity contribution < 1.29 is 29.0 Å². The van der Waals surface area contributed by atoms with Crippen molar-refractivity contribution >= 4 is 29.9 Å². The highest BCUT2D eigenvalue weighted by Gasteiger charge is 2.38. The first-order valence-corrected chi connectivity index (χ1v) is 17.6. The van der Waals surface area contributed by atoms with E-state index in [1.807, 2.05) is 61.5 Å². The number of hydrogen-bond acceptors (Lipinski definition) is 8. The number of rotatable bonds is 10. The van der Waals surface area contributed by atoms with Crippen molar-refractivity contribution in [2.24, 2.45) is 5.92 Å². The molecule has 0 radical (unpaired) electrons. The van der Waals surface area contributed by atoms with Crippen LogP contribution in [0.1, 0.15) is 51.7 Å². The molecule has 4 N–H and O–H groups in total. The minimum Gasteiger partial charge on any atom is -0.465 e. The summed E-state index contributed by atoms with van der Waals surface area (Å²) < 4.78 is 6.79. The third-order valence-corrected chi connectivity index (χ3v) is 9.69. The molecular weight excluding hydrogens is 668 g/mol. The van der Waals surface area contributed by atoms with Crippen LogP contribution in [0.4, 0.5) is 20.2 Å². The highest BCUT2D eigenvalue weighted by atomic mass is 16.5. The number of likely N-dealkylation sites (tertiary alicyclic amines) is 1. The largest absolute Gasteiger partial charge is 0.465 e. The summed E-state index contributed by atoms with van der Waals surface area (Å²) in [5.74, 6) is 0.0972. The predicted octanol–water partition coefficient (Wildman–Crippen LogP) is 3.87. The Labute approximate surface area is 302 Å². The Kier molecular flexibility index (Phi) is 12.2. The highest BCUT2D eigenvalue weighted by Crippen LogP contribution is 2.23. The van der Waals surface area contributed by atoms with Gasteiger partial charge < -0.3 is 30.3 Å². The molecule has 5 rings (SSSR count). The van der Waals surface area contributed by atoms with E-state index < -0.39 is 29.4 Å². The topological polar surface area (TPSA) is 178 Å². The first kappa shape index (κ1) is 37.8. The molecular formula is C37H48N8O7. The molecule has 0 spiro atoms. The third kappa shape index (κ3) is 9.87. The molecule has 2 aliphatic heterocycles. The van der Waals surface area contributed by atoms with Gasteiger partial charge in [-0.1, -0.05) is 42.5 Å². The normalized spacial score (nSPS) is 17.6. The molecule has 52 heavy (non-hydrogen) atoms. The Morgan fingerprint density at radius 1 is 0.962 bits per heavy atom. The quantitative estimate of drug-likeness (QED) is 0.243. The van der Waals surface area contributed by atoms with Crippen molar-refractivity contribution in [2.75, 3.05) is 38.0 Å². The van der Waals surface area contributed by atoms with Crippen LogP contribution in [-0.4, -0.2) is 104 Å². The van der Waals surface area contributed by atoms with Crippen molar-refractivity contribution in [2.45, 2.75) is 71.3 Å². The van der Waals surface area contributed by atoms with E-state index in [-0.39, 0.29) is 50.0 Å². The van der Waals surface area contributed by atoms with E-state index >= 15 is 0 Å². The molecule has 15 nitrogen and oxygen atoms in total. The van der Waals surface area contributed by atoms with Gasteiger partial charge in [0.25, 0.3) is 0 Å². The van der Waals surface area contributed by atoms with Crippen LogP contribution < -0.4 is 21.6 Å². The molecule has 3 aromatic rings. The van der Waals surface area contributed by atoms with Gasteiger partial charge in [0, 0.05) is 44.5 Å². The maximum absolute atomic E-state index is 13.0. The maximum atomic E-state index is 13.0. The summed E-state index contributed by atoms with van der Waals surface area (Å²) in [6.45, 7) is 10.3. The van der Waals surface area contributed by atoms with Crippen LogP contribution >= 0.6 is 0 Å². The van der Waals surface area contributed by atoms with Crippen molar-refractivity contribution in [1.82, 2.24) is 34.9 Å². The molecule has 3 heterocycles. The number of hydrogen-bond donors (Lipinski definition) is 4. The van der Waals surface area contributed by atoms with Gasteiger partial charge in [0.2, 0.25) is 5.91 Å². The van der Waals surface area contributed by atoms with Gasteiger partial charge in [0.05, 0.1) is 5.69 Å². The fourth-order valence-electron chi connectivity index (χ4n) is 6.68. The minimum absolute atomic E-state index is 0.0107. The van der Waals surface area contributed by atoms with Crippen molar-refractivity contribution in [3.8, 4) is 5.69 Å². The zero-order valence-corrected chi connectivity index (χ0v) is 30.1.